The number of hydrogen-bond acceptors (Lipinski definition) is 3. The summed E-state index contributed by atoms with van der Waals surface area (Å²) in [7, 11) is 0. The van der Waals surface area contributed by atoms with E-state index in [1.807, 2.05) is 11.8 Å². The van der Waals surface area contributed by atoms with E-state index in [-0.39, 0.29) is 0 Å². The molecule has 1 unspecified atom stereocenters. The highest BCUT2D eigenvalue weighted by Crippen LogP contribution is 2.18. The first kappa shape index (κ1) is 14.6. The van der Waals surface area contributed by atoms with Crippen molar-refractivity contribution < 1.29 is 5.11 Å². The van der Waals surface area contributed by atoms with Crippen LogP contribution in [0.4, 0.5) is 0 Å². The van der Waals surface area contributed by atoms with Crippen molar-refractivity contribution in [2.75, 3.05) is 24.7 Å². The minimum Gasteiger partial charge on any atom is -0.396 e. The molecular weight excluding hydrogens is 230 g/mol. The highest BCUT2D eigenvalue weighted by molar-refractivity contribution is 7.99. The highest BCUT2D eigenvalue weighted by atomic mass is 32.2. The van der Waals surface area contributed by atoms with Gasteiger partial charge < -0.3 is 10.4 Å². The van der Waals surface area contributed by atoms with E-state index >= 15 is 0 Å². The molecule has 0 saturated heterocycles. The standard InChI is InChI=1S/C14H23NOS/c1-2-9-15-14(12-17-11-6-10-16)13-7-4-3-5-8-13/h3-5,7-8,14-16H,2,6,9-12H2,1H3. The first-order chi connectivity index (χ1) is 8.38. The Morgan fingerprint density at radius 2 is 2.06 bits per heavy atom. The fraction of sp³-hybridized carbons (Fsp3) is 0.571. The molecule has 0 amide bonds. The van der Waals surface area contributed by atoms with E-state index in [4.69, 9.17) is 5.11 Å². The molecule has 2 nitrogen and oxygen atoms in total. The molecule has 3 heteroatoms. The third-order valence-electron chi connectivity index (χ3n) is 2.57. The Bertz CT molecular complexity index is 279. The number of rotatable bonds is 9. The summed E-state index contributed by atoms with van der Waals surface area (Å²) in [5.74, 6) is 2.11. The van der Waals surface area contributed by atoms with Gasteiger partial charge in [0.15, 0.2) is 0 Å². The summed E-state index contributed by atoms with van der Waals surface area (Å²) in [6.45, 7) is 3.54. The molecule has 0 aliphatic carbocycles. The molecule has 0 heterocycles. The lowest BCUT2D eigenvalue weighted by atomic mass is 10.1. The summed E-state index contributed by atoms with van der Waals surface area (Å²) in [5, 5.41) is 12.3. The third kappa shape index (κ3) is 6.10. The maximum absolute atomic E-state index is 8.76. The molecule has 0 aliphatic rings. The molecule has 1 rings (SSSR count). The zero-order chi connectivity index (χ0) is 12.3. The Balaban J connectivity index is 2.43. The summed E-state index contributed by atoms with van der Waals surface area (Å²) >= 11 is 1.91. The van der Waals surface area contributed by atoms with E-state index in [0.717, 1.165) is 30.9 Å². The lowest BCUT2D eigenvalue weighted by molar-refractivity contribution is 0.296. The van der Waals surface area contributed by atoms with Crippen LogP contribution >= 0.6 is 11.8 Å². The Hall–Kier alpha value is -0.510. The predicted molar refractivity (Wildman–Crippen MR) is 76.5 cm³/mol. The lowest BCUT2D eigenvalue weighted by Crippen LogP contribution is -2.24. The highest BCUT2D eigenvalue weighted by Gasteiger charge is 2.09. The molecule has 1 aromatic carbocycles. The summed E-state index contributed by atoms with van der Waals surface area (Å²) in [5.41, 5.74) is 1.36. The minimum atomic E-state index is 0.297. The van der Waals surface area contributed by atoms with E-state index in [9.17, 15) is 0 Å². The molecule has 0 bridgehead atoms. The molecule has 0 aromatic heterocycles. The molecule has 0 fully saturated rings. The smallest absolute Gasteiger partial charge is 0.0438 e. The maximum atomic E-state index is 8.76. The average Bonchev–Trinajstić information content (AvgIpc) is 2.39. The van der Waals surface area contributed by atoms with Gasteiger partial charge in [-0.05, 0) is 30.7 Å². The Labute approximate surface area is 109 Å². The fourth-order valence-electron chi connectivity index (χ4n) is 1.64. The number of thioether (sulfide) groups is 1. The van der Waals surface area contributed by atoms with Crippen LogP contribution in [-0.2, 0) is 0 Å². The van der Waals surface area contributed by atoms with Crippen LogP contribution in [0.1, 0.15) is 31.4 Å². The van der Waals surface area contributed by atoms with Crippen molar-refractivity contribution in [1.29, 1.82) is 0 Å². The second kappa shape index (κ2) is 9.51. The number of hydrogen-bond donors (Lipinski definition) is 2. The molecule has 0 aliphatic heterocycles. The predicted octanol–water partition coefficient (Wildman–Crippen LogP) is 2.84. The average molecular weight is 253 g/mol. The van der Waals surface area contributed by atoms with Gasteiger partial charge in [0.2, 0.25) is 0 Å². The van der Waals surface area contributed by atoms with Crippen LogP contribution in [0.3, 0.4) is 0 Å². The van der Waals surface area contributed by atoms with Crippen LogP contribution in [0, 0.1) is 0 Å². The van der Waals surface area contributed by atoms with Gasteiger partial charge in [0.1, 0.15) is 0 Å². The van der Waals surface area contributed by atoms with Gasteiger partial charge in [0.25, 0.3) is 0 Å². The number of aliphatic hydroxyl groups is 1. The first-order valence-electron chi connectivity index (χ1n) is 6.35. The van der Waals surface area contributed by atoms with Gasteiger partial charge in [0.05, 0.1) is 0 Å². The topological polar surface area (TPSA) is 32.3 Å². The quantitative estimate of drug-likeness (QED) is 0.664. The second-order valence-corrected chi connectivity index (χ2v) is 5.22. The van der Waals surface area contributed by atoms with Crippen molar-refractivity contribution in [3.63, 3.8) is 0 Å². The zero-order valence-corrected chi connectivity index (χ0v) is 11.4. The van der Waals surface area contributed by atoms with Crippen molar-refractivity contribution >= 4 is 11.8 Å². The van der Waals surface area contributed by atoms with Crippen molar-refractivity contribution in [2.45, 2.75) is 25.8 Å². The second-order valence-electron chi connectivity index (χ2n) is 4.07. The van der Waals surface area contributed by atoms with E-state index in [2.05, 4.69) is 42.6 Å². The van der Waals surface area contributed by atoms with Gasteiger partial charge in [-0.2, -0.15) is 11.8 Å². The molecular formula is C14H23NOS. The first-order valence-corrected chi connectivity index (χ1v) is 7.51. The normalized spacial score (nSPS) is 12.6. The van der Waals surface area contributed by atoms with Gasteiger partial charge in [0, 0.05) is 18.4 Å². The summed E-state index contributed by atoms with van der Waals surface area (Å²) in [6.07, 6.45) is 2.05. The number of nitrogens with one attached hydrogen (secondary N) is 1. The van der Waals surface area contributed by atoms with Gasteiger partial charge >= 0.3 is 0 Å². The van der Waals surface area contributed by atoms with Gasteiger partial charge in [-0.15, -0.1) is 0 Å². The fourth-order valence-corrected chi connectivity index (χ4v) is 2.69. The molecule has 1 atom stereocenters. The van der Waals surface area contributed by atoms with Crippen LogP contribution in [0.15, 0.2) is 30.3 Å². The summed E-state index contributed by atoms with van der Waals surface area (Å²) in [6, 6.07) is 11.0. The summed E-state index contributed by atoms with van der Waals surface area (Å²) in [4.78, 5) is 0. The van der Waals surface area contributed by atoms with Crippen molar-refractivity contribution in [3.05, 3.63) is 35.9 Å². The number of benzene rings is 1. The monoisotopic (exact) mass is 253 g/mol. The largest absolute Gasteiger partial charge is 0.396 e. The molecule has 0 saturated carbocycles. The SMILES string of the molecule is CCCNC(CSCCCO)c1ccccc1. The van der Waals surface area contributed by atoms with E-state index in [0.29, 0.717) is 12.6 Å². The van der Waals surface area contributed by atoms with E-state index in [1.54, 1.807) is 0 Å². The summed E-state index contributed by atoms with van der Waals surface area (Å²) < 4.78 is 0. The van der Waals surface area contributed by atoms with E-state index in [1.165, 1.54) is 5.56 Å². The van der Waals surface area contributed by atoms with Crippen LogP contribution in [-0.4, -0.2) is 29.8 Å². The minimum absolute atomic E-state index is 0.297. The third-order valence-corrected chi connectivity index (χ3v) is 3.72. The number of aliphatic hydroxyl groups excluding tert-OH is 1. The van der Waals surface area contributed by atoms with Gasteiger partial charge in [-0.1, -0.05) is 37.3 Å². The molecule has 0 radical (unpaired) electrons. The molecule has 1 aromatic rings. The van der Waals surface area contributed by atoms with Gasteiger partial charge in [-0.25, -0.2) is 0 Å². The lowest BCUT2D eigenvalue weighted by Gasteiger charge is -2.18. The molecule has 2 N–H and O–H groups in total. The maximum Gasteiger partial charge on any atom is 0.0438 e. The van der Waals surface area contributed by atoms with Crippen molar-refractivity contribution in [3.8, 4) is 0 Å². The Kier molecular flexibility index (Phi) is 8.14. The van der Waals surface area contributed by atoms with E-state index < -0.39 is 0 Å². The van der Waals surface area contributed by atoms with Crippen LogP contribution < -0.4 is 5.32 Å². The van der Waals surface area contributed by atoms with Gasteiger partial charge in [-0.3, -0.25) is 0 Å². The van der Waals surface area contributed by atoms with Crippen LogP contribution in [0.5, 0.6) is 0 Å². The Morgan fingerprint density at radius 3 is 2.71 bits per heavy atom. The van der Waals surface area contributed by atoms with Crippen molar-refractivity contribution in [2.24, 2.45) is 0 Å². The van der Waals surface area contributed by atoms with Crippen molar-refractivity contribution in [1.82, 2.24) is 5.32 Å². The van der Waals surface area contributed by atoms with Crippen LogP contribution in [0.2, 0.25) is 0 Å². The molecule has 96 valence electrons. The molecule has 0 spiro atoms. The molecule has 17 heavy (non-hydrogen) atoms. The van der Waals surface area contributed by atoms with Crippen LogP contribution in [0.25, 0.3) is 0 Å². The zero-order valence-electron chi connectivity index (χ0n) is 10.6. The Morgan fingerprint density at radius 1 is 1.29 bits per heavy atom.